The maximum absolute atomic E-state index is 12.6. The topological polar surface area (TPSA) is 96.0 Å². The number of hydrogen-bond donors (Lipinski definition) is 1. The third kappa shape index (κ3) is 4.27. The first-order valence-electron chi connectivity index (χ1n) is 8.94. The Morgan fingerprint density at radius 1 is 1.04 bits per heavy atom. The molecule has 2 fully saturated rings. The van der Waals surface area contributed by atoms with Crippen molar-refractivity contribution in [2.24, 2.45) is 11.8 Å². The van der Waals surface area contributed by atoms with E-state index in [1.807, 2.05) is 0 Å². The van der Waals surface area contributed by atoms with Gasteiger partial charge in [-0.05, 0) is 24.6 Å². The van der Waals surface area contributed by atoms with Crippen LogP contribution in [-0.2, 0) is 19.1 Å². The molecule has 1 aliphatic heterocycles. The highest BCUT2D eigenvalue weighted by atomic mass is 16.5. The van der Waals surface area contributed by atoms with E-state index >= 15 is 0 Å². The zero-order chi connectivity index (χ0) is 19.6. The van der Waals surface area contributed by atoms with Crippen molar-refractivity contribution in [1.82, 2.24) is 9.80 Å². The van der Waals surface area contributed by atoms with Gasteiger partial charge in [-0.3, -0.25) is 14.4 Å². The Kier molecular flexibility index (Phi) is 5.43. The van der Waals surface area contributed by atoms with Crippen molar-refractivity contribution in [2.75, 3.05) is 38.6 Å². The molecule has 1 aliphatic carbocycles. The van der Waals surface area contributed by atoms with Crippen LogP contribution in [0.3, 0.4) is 0 Å². The van der Waals surface area contributed by atoms with E-state index in [4.69, 9.17) is 0 Å². The van der Waals surface area contributed by atoms with Crippen molar-refractivity contribution in [3.63, 3.8) is 0 Å². The van der Waals surface area contributed by atoms with E-state index < -0.39 is 5.97 Å². The number of benzene rings is 1. The van der Waals surface area contributed by atoms with Crippen LogP contribution in [0, 0.1) is 11.8 Å². The first-order valence-corrected chi connectivity index (χ1v) is 8.94. The smallest absolute Gasteiger partial charge is 0.337 e. The molecule has 0 bridgehead atoms. The van der Waals surface area contributed by atoms with E-state index in [0.29, 0.717) is 43.9 Å². The second-order valence-corrected chi connectivity index (χ2v) is 6.84. The number of carbonyl (C=O) groups is 4. The molecule has 2 aliphatic rings. The van der Waals surface area contributed by atoms with Crippen molar-refractivity contribution in [2.45, 2.75) is 13.3 Å². The number of anilines is 1. The minimum absolute atomic E-state index is 0.0139. The van der Waals surface area contributed by atoms with Crippen LogP contribution in [-0.4, -0.2) is 66.8 Å². The van der Waals surface area contributed by atoms with Crippen molar-refractivity contribution in [1.29, 1.82) is 0 Å². The fourth-order valence-electron chi connectivity index (χ4n) is 3.31. The number of esters is 1. The van der Waals surface area contributed by atoms with Crippen LogP contribution < -0.4 is 5.32 Å². The second kappa shape index (κ2) is 7.77. The van der Waals surface area contributed by atoms with Crippen LogP contribution in [0.2, 0.25) is 0 Å². The van der Waals surface area contributed by atoms with Gasteiger partial charge in [0.1, 0.15) is 0 Å². The minimum Gasteiger partial charge on any atom is -0.465 e. The maximum atomic E-state index is 12.6. The lowest BCUT2D eigenvalue weighted by molar-refractivity contribution is -0.139. The summed E-state index contributed by atoms with van der Waals surface area (Å²) in [5.41, 5.74) is 0.845. The standard InChI is InChI=1S/C19H23N3O5/c1-12(23)21-6-8-22(9-7-21)18(25)16-11-15(16)17(24)20-14-5-3-4-13(10-14)19(26)27-2/h3-5,10,15-16H,6-9,11H2,1-2H3,(H,20,24). The van der Waals surface area contributed by atoms with Gasteiger partial charge >= 0.3 is 5.97 Å². The van der Waals surface area contributed by atoms with E-state index in [-0.39, 0.29) is 29.6 Å². The van der Waals surface area contributed by atoms with Crippen LogP contribution in [0.25, 0.3) is 0 Å². The molecule has 2 unspecified atom stereocenters. The highest BCUT2D eigenvalue weighted by Crippen LogP contribution is 2.41. The second-order valence-electron chi connectivity index (χ2n) is 6.84. The molecule has 0 aromatic heterocycles. The molecule has 0 radical (unpaired) electrons. The molecule has 1 heterocycles. The summed E-state index contributed by atoms with van der Waals surface area (Å²) >= 11 is 0. The zero-order valence-electron chi connectivity index (χ0n) is 15.4. The summed E-state index contributed by atoms with van der Waals surface area (Å²) in [6.45, 7) is 3.60. The van der Waals surface area contributed by atoms with Gasteiger partial charge in [0.25, 0.3) is 0 Å². The number of ether oxygens (including phenoxy) is 1. The first kappa shape index (κ1) is 18.9. The Bertz CT molecular complexity index is 770. The fourth-order valence-corrected chi connectivity index (χ4v) is 3.31. The molecule has 3 amide bonds. The Labute approximate surface area is 157 Å². The monoisotopic (exact) mass is 373 g/mol. The lowest BCUT2D eigenvalue weighted by Crippen LogP contribution is -2.50. The molecule has 8 heteroatoms. The molecule has 0 spiro atoms. The molecule has 27 heavy (non-hydrogen) atoms. The molecule has 1 aromatic rings. The van der Waals surface area contributed by atoms with Crippen molar-refractivity contribution >= 4 is 29.4 Å². The summed E-state index contributed by atoms with van der Waals surface area (Å²) in [6, 6.07) is 6.49. The molecule has 1 saturated heterocycles. The van der Waals surface area contributed by atoms with E-state index in [1.54, 1.807) is 34.1 Å². The summed E-state index contributed by atoms with van der Waals surface area (Å²) in [7, 11) is 1.30. The molecule has 8 nitrogen and oxygen atoms in total. The molecular formula is C19H23N3O5. The van der Waals surface area contributed by atoms with Crippen LogP contribution in [0.15, 0.2) is 24.3 Å². The average molecular weight is 373 g/mol. The predicted molar refractivity (Wildman–Crippen MR) is 96.8 cm³/mol. The van der Waals surface area contributed by atoms with Gasteiger partial charge in [-0.2, -0.15) is 0 Å². The van der Waals surface area contributed by atoms with Crippen LogP contribution in [0.5, 0.6) is 0 Å². The van der Waals surface area contributed by atoms with Gasteiger partial charge in [0.15, 0.2) is 0 Å². The van der Waals surface area contributed by atoms with E-state index in [9.17, 15) is 19.2 Å². The van der Waals surface area contributed by atoms with Crippen LogP contribution >= 0.6 is 0 Å². The Hall–Kier alpha value is -2.90. The summed E-state index contributed by atoms with van der Waals surface area (Å²) < 4.78 is 4.67. The Morgan fingerprint density at radius 3 is 2.33 bits per heavy atom. The van der Waals surface area contributed by atoms with E-state index in [0.717, 1.165) is 0 Å². The van der Waals surface area contributed by atoms with E-state index in [1.165, 1.54) is 14.0 Å². The lowest BCUT2D eigenvalue weighted by atomic mass is 10.2. The number of amides is 3. The first-order chi connectivity index (χ1) is 12.9. The SMILES string of the molecule is COC(=O)c1cccc(NC(=O)C2CC2C(=O)N2CCN(C(C)=O)CC2)c1. The predicted octanol–water partition coefficient (Wildman–Crippen LogP) is 0.738. The van der Waals surface area contributed by atoms with Gasteiger partial charge in [-0.15, -0.1) is 0 Å². The largest absolute Gasteiger partial charge is 0.465 e. The van der Waals surface area contributed by atoms with Crippen LogP contribution in [0.1, 0.15) is 23.7 Å². The fraction of sp³-hybridized carbons (Fsp3) is 0.474. The number of methoxy groups -OCH3 is 1. The van der Waals surface area contributed by atoms with Gasteiger partial charge < -0.3 is 19.9 Å². The molecule has 1 aromatic carbocycles. The third-order valence-corrected chi connectivity index (χ3v) is 5.03. The summed E-state index contributed by atoms with van der Waals surface area (Å²) in [5.74, 6) is -1.38. The van der Waals surface area contributed by atoms with Crippen molar-refractivity contribution < 1.29 is 23.9 Å². The van der Waals surface area contributed by atoms with E-state index in [2.05, 4.69) is 10.1 Å². The van der Waals surface area contributed by atoms with Crippen molar-refractivity contribution in [3.05, 3.63) is 29.8 Å². The Morgan fingerprint density at radius 2 is 1.70 bits per heavy atom. The summed E-state index contributed by atoms with van der Waals surface area (Å²) in [4.78, 5) is 51.4. The quantitative estimate of drug-likeness (QED) is 0.786. The van der Waals surface area contributed by atoms with Crippen molar-refractivity contribution in [3.8, 4) is 0 Å². The normalized spacial score (nSPS) is 21.4. The molecule has 1 saturated carbocycles. The lowest BCUT2D eigenvalue weighted by Gasteiger charge is -2.34. The highest BCUT2D eigenvalue weighted by Gasteiger charge is 2.49. The highest BCUT2D eigenvalue weighted by molar-refractivity contribution is 6.00. The molecule has 144 valence electrons. The number of hydrogen-bond acceptors (Lipinski definition) is 5. The molecular weight excluding hydrogens is 350 g/mol. The average Bonchev–Trinajstić information content (AvgIpc) is 3.48. The van der Waals surface area contributed by atoms with Gasteiger partial charge in [-0.1, -0.05) is 6.07 Å². The number of carbonyl (C=O) groups excluding carboxylic acids is 4. The number of rotatable bonds is 4. The number of nitrogens with one attached hydrogen (secondary N) is 1. The summed E-state index contributed by atoms with van der Waals surface area (Å²) in [6.07, 6.45) is 0.522. The third-order valence-electron chi connectivity index (χ3n) is 5.03. The molecule has 2 atom stereocenters. The van der Waals surface area contributed by atoms with Crippen LogP contribution in [0.4, 0.5) is 5.69 Å². The Balaban J connectivity index is 1.53. The van der Waals surface area contributed by atoms with Gasteiger partial charge in [-0.25, -0.2) is 4.79 Å². The van der Waals surface area contributed by atoms with Gasteiger partial charge in [0.2, 0.25) is 17.7 Å². The number of piperazine rings is 1. The van der Waals surface area contributed by atoms with Gasteiger partial charge in [0.05, 0.1) is 24.5 Å². The number of nitrogens with zero attached hydrogens (tertiary/aromatic N) is 2. The molecule has 3 rings (SSSR count). The zero-order valence-corrected chi connectivity index (χ0v) is 15.4. The summed E-state index contributed by atoms with van der Waals surface area (Å²) in [5, 5.41) is 2.76. The van der Waals surface area contributed by atoms with Gasteiger partial charge in [0, 0.05) is 38.8 Å². The maximum Gasteiger partial charge on any atom is 0.337 e. The minimum atomic E-state index is -0.477. The molecule has 1 N–H and O–H groups in total.